The first-order valence-corrected chi connectivity index (χ1v) is 10.0. The number of esters is 1. The van der Waals surface area contributed by atoms with E-state index in [-0.39, 0.29) is 24.0 Å². The Balaban J connectivity index is 0.00000320. The minimum atomic E-state index is -0.395. The Bertz CT molecular complexity index is 843. The van der Waals surface area contributed by atoms with Gasteiger partial charge in [-0.1, -0.05) is 24.3 Å². The molecule has 2 aromatic rings. The van der Waals surface area contributed by atoms with Crippen LogP contribution in [0.4, 0.5) is 0 Å². The van der Waals surface area contributed by atoms with Gasteiger partial charge in [-0.2, -0.15) is 0 Å². The van der Waals surface area contributed by atoms with E-state index in [4.69, 9.17) is 9.15 Å². The van der Waals surface area contributed by atoms with Crippen molar-refractivity contribution in [3.8, 4) is 0 Å². The second-order valence-corrected chi connectivity index (χ2v) is 7.25. The molecular formula is C22H31IN4O3. The number of hydrogen-bond donors (Lipinski definition) is 2. The molecule has 0 bridgehead atoms. The minimum absolute atomic E-state index is 0. The van der Waals surface area contributed by atoms with Crippen molar-refractivity contribution in [3.63, 3.8) is 0 Å². The van der Waals surface area contributed by atoms with Crippen molar-refractivity contribution in [1.29, 1.82) is 0 Å². The lowest BCUT2D eigenvalue weighted by molar-refractivity contribution is 0.0599. The van der Waals surface area contributed by atoms with Gasteiger partial charge in [-0.05, 0) is 50.0 Å². The molecule has 0 radical (unpaired) electrons. The van der Waals surface area contributed by atoms with Gasteiger partial charge >= 0.3 is 5.97 Å². The number of hydrogen-bond acceptors (Lipinski definition) is 5. The molecule has 1 aliphatic heterocycles. The van der Waals surface area contributed by atoms with Gasteiger partial charge in [0.05, 0.1) is 13.7 Å². The van der Waals surface area contributed by atoms with Crippen LogP contribution in [0, 0.1) is 6.92 Å². The van der Waals surface area contributed by atoms with Gasteiger partial charge in [0, 0.05) is 20.1 Å². The molecule has 1 fully saturated rings. The Morgan fingerprint density at radius 3 is 2.40 bits per heavy atom. The van der Waals surface area contributed by atoms with Crippen LogP contribution in [-0.4, -0.2) is 44.1 Å². The first-order valence-electron chi connectivity index (χ1n) is 10.0. The quantitative estimate of drug-likeness (QED) is 0.249. The SMILES string of the molecule is CN=C(NCc1ccc(CN2CCCC2)cc1)NCc1cc(C(=O)OC)c(C)o1.I. The minimum Gasteiger partial charge on any atom is -0.465 e. The summed E-state index contributed by atoms with van der Waals surface area (Å²) in [5, 5.41) is 6.50. The summed E-state index contributed by atoms with van der Waals surface area (Å²) in [6.45, 7) is 6.30. The third kappa shape index (κ3) is 6.73. The van der Waals surface area contributed by atoms with Crippen LogP contribution in [0.15, 0.2) is 39.7 Å². The van der Waals surface area contributed by atoms with Crippen molar-refractivity contribution in [2.75, 3.05) is 27.2 Å². The van der Waals surface area contributed by atoms with E-state index in [1.165, 1.54) is 44.2 Å². The topological polar surface area (TPSA) is 79.1 Å². The highest BCUT2D eigenvalue weighted by Gasteiger charge is 2.15. The summed E-state index contributed by atoms with van der Waals surface area (Å²) >= 11 is 0. The summed E-state index contributed by atoms with van der Waals surface area (Å²) in [5.41, 5.74) is 2.99. The number of furan rings is 1. The van der Waals surface area contributed by atoms with E-state index in [0.717, 1.165) is 6.54 Å². The molecule has 1 aromatic heterocycles. The number of halogens is 1. The fourth-order valence-electron chi connectivity index (χ4n) is 3.48. The number of methoxy groups -OCH3 is 1. The van der Waals surface area contributed by atoms with Crippen LogP contribution in [0.25, 0.3) is 0 Å². The molecule has 1 saturated heterocycles. The molecule has 0 spiro atoms. The Hall–Kier alpha value is -2.07. The zero-order valence-corrected chi connectivity index (χ0v) is 20.2. The van der Waals surface area contributed by atoms with Crippen LogP contribution < -0.4 is 10.6 Å². The fraction of sp³-hybridized carbons (Fsp3) is 0.455. The maximum Gasteiger partial charge on any atom is 0.341 e. The molecule has 30 heavy (non-hydrogen) atoms. The van der Waals surface area contributed by atoms with Gasteiger partial charge in [-0.15, -0.1) is 24.0 Å². The van der Waals surface area contributed by atoms with Crippen LogP contribution >= 0.6 is 24.0 Å². The molecule has 0 unspecified atom stereocenters. The standard InChI is InChI=1S/C22H30N4O3.HI/c1-16-20(21(27)28-3)12-19(29-16)14-25-22(23-2)24-13-17-6-8-18(9-7-17)15-26-10-4-5-11-26;/h6-9,12H,4-5,10-11,13-15H2,1-3H3,(H2,23,24,25);1H. The predicted molar refractivity (Wildman–Crippen MR) is 128 cm³/mol. The third-order valence-electron chi connectivity index (χ3n) is 5.12. The summed E-state index contributed by atoms with van der Waals surface area (Å²) < 4.78 is 10.4. The number of benzene rings is 1. The Kier molecular flexibility index (Phi) is 9.64. The first kappa shape index (κ1) is 24.2. The number of aryl methyl sites for hydroxylation is 1. The smallest absolute Gasteiger partial charge is 0.341 e. The van der Waals surface area contributed by atoms with Crippen molar-refractivity contribution in [3.05, 3.63) is 58.5 Å². The third-order valence-corrected chi connectivity index (χ3v) is 5.12. The van der Waals surface area contributed by atoms with Gasteiger partial charge < -0.3 is 19.8 Å². The van der Waals surface area contributed by atoms with Crippen molar-refractivity contribution in [2.45, 2.75) is 39.4 Å². The van der Waals surface area contributed by atoms with Gasteiger partial charge in [0.2, 0.25) is 0 Å². The van der Waals surface area contributed by atoms with Crippen molar-refractivity contribution < 1.29 is 13.9 Å². The van der Waals surface area contributed by atoms with E-state index < -0.39 is 5.97 Å². The van der Waals surface area contributed by atoms with Crippen molar-refractivity contribution in [1.82, 2.24) is 15.5 Å². The molecule has 164 valence electrons. The van der Waals surface area contributed by atoms with Crippen LogP contribution in [0.3, 0.4) is 0 Å². The molecule has 7 nitrogen and oxygen atoms in total. The molecule has 0 aliphatic carbocycles. The lowest BCUT2D eigenvalue weighted by Crippen LogP contribution is -2.36. The number of rotatable bonds is 7. The molecule has 1 aliphatic rings. The highest BCUT2D eigenvalue weighted by Crippen LogP contribution is 2.16. The first-order chi connectivity index (χ1) is 14.1. The predicted octanol–water partition coefficient (Wildman–Crippen LogP) is 3.45. The highest BCUT2D eigenvalue weighted by atomic mass is 127. The normalized spacial score (nSPS) is 14.3. The Morgan fingerprint density at radius 2 is 1.77 bits per heavy atom. The fourth-order valence-corrected chi connectivity index (χ4v) is 3.48. The number of guanidine groups is 1. The average Bonchev–Trinajstić information content (AvgIpc) is 3.38. The lowest BCUT2D eigenvalue weighted by atomic mass is 10.1. The van der Waals surface area contributed by atoms with Gasteiger partial charge in [-0.25, -0.2) is 4.79 Å². The monoisotopic (exact) mass is 526 g/mol. The molecule has 1 aromatic carbocycles. The number of carbonyl (C=O) groups is 1. The van der Waals surface area contributed by atoms with Gasteiger partial charge in [-0.3, -0.25) is 9.89 Å². The summed E-state index contributed by atoms with van der Waals surface area (Å²) in [6.07, 6.45) is 2.63. The van der Waals surface area contributed by atoms with Crippen molar-refractivity contribution >= 4 is 35.9 Å². The number of nitrogens with zero attached hydrogens (tertiary/aromatic N) is 2. The summed E-state index contributed by atoms with van der Waals surface area (Å²) in [7, 11) is 3.08. The number of likely N-dealkylation sites (tertiary alicyclic amines) is 1. The summed E-state index contributed by atoms with van der Waals surface area (Å²) in [4.78, 5) is 18.4. The Labute approximate surface area is 195 Å². The molecule has 0 amide bonds. The van der Waals surface area contributed by atoms with E-state index in [2.05, 4.69) is 44.8 Å². The molecular weight excluding hydrogens is 495 g/mol. The highest BCUT2D eigenvalue weighted by molar-refractivity contribution is 14.0. The summed E-state index contributed by atoms with van der Waals surface area (Å²) in [6, 6.07) is 10.4. The van der Waals surface area contributed by atoms with Gasteiger partial charge in [0.1, 0.15) is 17.1 Å². The molecule has 3 rings (SSSR count). The molecule has 2 N–H and O–H groups in total. The van der Waals surface area contributed by atoms with Crippen LogP contribution in [0.1, 0.15) is 45.8 Å². The zero-order valence-electron chi connectivity index (χ0n) is 17.9. The molecule has 0 atom stereocenters. The van der Waals surface area contributed by atoms with Crippen LogP contribution in [-0.2, 0) is 24.4 Å². The average molecular weight is 526 g/mol. The van der Waals surface area contributed by atoms with E-state index in [1.807, 2.05) is 0 Å². The van der Waals surface area contributed by atoms with E-state index in [0.29, 0.717) is 36.1 Å². The van der Waals surface area contributed by atoms with Gasteiger partial charge in [0.25, 0.3) is 0 Å². The lowest BCUT2D eigenvalue weighted by Gasteiger charge is -2.15. The maximum absolute atomic E-state index is 11.7. The zero-order chi connectivity index (χ0) is 20.6. The molecule has 8 heteroatoms. The number of carbonyl (C=O) groups excluding carboxylic acids is 1. The van der Waals surface area contributed by atoms with Gasteiger partial charge in [0.15, 0.2) is 5.96 Å². The maximum atomic E-state index is 11.7. The van der Waals surface area contributed by atoms with Crippen LogP contribution in [0.5, 0.6) is 0 Å². The largest absolute Gasteiger partial charge is 0.465 e. The Morgan fingerprint density at radius 1 is 1.13 bits per heavy atom. The van der Waals surface area contributed by atoms with E-state index >= 15 is 0 Å². The van der Waals surface area contributed by atoms with E-state index in [9.17, 15) is 4.79 Å². The van der Waals surface area contributed by atoms with Crippen molar-refractivity contribution in [2.24, 2.45) is 4.99 Å². The summed E-state index contributed by atoms with van der Waals surface area (Å²) in [5.74, 6) is 1.47. The van der Waals surface area contributed by atoms with Crippen LogP contribution in [0.2, 0.25) is 0 Å². The second kappa shape index (κ2) is 11.9. The number of aliphatic imine (C=N–C) groups is 1. The number of ether oxygens (including phenoxy) is 1. The number of nitrogens with one attached hydrogen (secondary N) is 2. The molecule has 2 heterocycles. The second-order valence-electron chi connectivity index (χ2n) is 7.25. The molecule has 0 saturated carbocycles. The van der Waals surface area contributed by atoms with E-state index in [1.54, 1.807) is 20.0 Å².